The Balaban J connectivity index is 1.42. The molecule has 0 aliphatic heterocycles. The van der Waals surface area contributed by atoms with E-state index in [2.05, 4.69) is 6.07 Å². The zero-order valence-corrected chi connectivity index (χ0v) is 14.5. The third kappa shape index (κ3) is 3.46. The van der Waals surface area contributed by atoms with Gasteiger partial charge < -0.3 is 9.15 Å². The molecule has 5 heteroatoms. The van der Waals surface area contributed by atoms with Crippen molar-refractivity contribution < 1.29 is 9.15 Å². The Kier molecular flexibility index (Phi) is 4.46. The van der Waals surface area contributed by atoms with E-state index in [1.807, 2.05) is 54.6 Å². The van der Waals surface area contributed by atoms with Gasteiger partial charge in [0.2, 0.25) is 0 Å². The molecule has 0 saturated heterocycles. The summed E-state index contributed by atoms with van der Waals surface area (Å²) in [5, 5.41) is 8.87. The number of hydrogen-bond donors (Lipinski definition) is 0. The topological polar surface area (TPSA) is 68.2 Å². The van der Waals surface area contributed by atoms with Crippen molar-refractivity contribution in [3.63, 3.8) is 0 Å². The molecule has 0 radical (unpaired) electrons. The molecule has 0 atom stereocenters. The highest BCUT2D eigenvalue weighted by Gasteiger charge is 2.08. The van der Waals surface area contributed by atoms with E-state index in [-0.39, 0.29) is 5.76 Å². The maximum atomic E-state index is 11.9. The Labute approximate surface area is 155 Å². The van der Waals surface area contributed by atoms with Crippen LogP contribution in [0, 0.1) is 11.3 Å². The minimum atomic E-state index is -0.379. The van der Waals surface area contributed by atoms with Crippen LogP contribution in [0.25, 0.3) is 22.2 Å². The predicted molar refractivity (Wildman–Crippen MR) is 103 cm³/mol. The number of benzene rings is 3. The number of rotatable bonds is 5. The van der Waals surface area contributed by atoms with Gasteiger partial charge in [0.05, 0.1) is 23.7 Å². The largest absolute Gasteiger partial charge is 0.492 e. The first-order valence-electron chi connectivity index (χ1n) is 8.56. The fourth-order valence-corrected chi connectivity index (χ4v) is 2.96. The molecule has 3 aromatic carbocycles. The average Bonchev–Trinajstić information content (AvgIpc) is 3.04. The van der Waals surface area contributed by atoms with E-state index in [0.29, 0.717) is 24.3 Å². The van der Waals surface area contributed by atoms with Gasteiger partial charge in [-0.1, -0.05) is 36.4 Å². The Bertz CT molecular complexity index is 1160. The highest BCUT2D eigenvalue weighted by atomic mass is 16.5. The van der Waals surface area contributed by atoms with Crippen LogP contribution in [-0.2, 0) is 6.54 Å². The molecule has 27 heavy (non-hydrogen) atoms. The summed E-state index contributed by atoms with van der Waals surface area (Å²) in [6.07, 6.45) is 0. The van der Waals surface area contributed by atoms with Crippen molar-refractivity contribution in [1.29, 1.82) is 5.26 Å². The molecule has 1 heterocycles. The lowest BCUT2D eigenvalue weighted by Crippen LogP contribution is -2.18. The van der Waals surface area contributed by atoms with Crippen LogP contribution in [0.4, 0.5) is 0 Å². The Hall–Kier alpha value is -3.78. The molecular weight excluding hydrogens is 340 g/mol. The second kappa shape index (κ2) is 7.22. The lowest BCUT2D eigenvalue weighted by Gasteiger charge is -2.08. The maximum absolute atomic E-state index is 11.9. The van der Waals surface area contributed by atoms with Gasteiger partial charge in [-0.3, -0.25) is 4.57 Å². The molecule has 0 spiro atoms. The van der Waals surface area contributed by atoms with E-state index >= 15 is 0 Å². The summed E-state index contributed by atoms with van der Waals surface area (Å²) in [7, 11) is 0. The molecule has 1 aromatic heterocycles. The Morgan fingerprint density at radius 1 is 0.926 bits per heavy atom. The summed E-state index contributed by atoms with van der Waals surface area (Å²) >= 11 is 0. The van der Waals surface area contributed by atoms with Crippen molar-refractivity contribution in [2.24, 2.45) is 0 Å². The van der Waals surface area contributed by atoms with Gasteiger partial charge >= 0.3 is 5.76 Å². The summed E-state index contributed by atoms with van der Waals surface area (Å²) in [5.74, 6) is 0.351. The summed E-state index contributed by atoms with van der Waals surface area (Å²) in [5.41, 5.74) is 4.07. The van der Waals surface area contributed by atoms with Gasteiger partial charge in [-0.05, 0) is 47.5 Å². The van der Waals surface area contributed by atoms with Crippen LogP contribution in [0.3, 0.4) is 0 Å². The smallest absolute Gasteiger partial charge is 0.420 e. The zero-order valence-electron chi connectivity index (χ0n) is 14.5. The van der Waals surface area contributed by atoms with Crippen LogP contribution in [0.2, 0.25) is 0 Å². The molecule has 0 N–H and O–H groups in total. The Morgan fingerprint density at radius 2 is 1.59 bits per heavy atom. The van der Waals surface area contributed by atoms with Gasteiger partial charge in [0.1, 0.15) is 12.4 Å². The quantitative estimate of drug-likeness (QED) is 0.537. The molecule has 0 aliphatic rings. The summed E-state index contributed by atoms with van der Waals surface area (Å²) in [6.45, 7) is 0.771. The van der Waals surface area contributed by atoms with E-state index in [1.165, 1.54) is 0 Å². The second-order valence-electron chi connectivity index (χ2n) is 6.05. The molecule has 0 amide bonds. The lowest BCUT2D eigenvalue weighted by molar-refractivity contribution is 0.294. The summed E-state index contributed by atoms with van der Waals surface area (Å²) in [4.78, 5) is 11.9. The van der Waals surface area contributed by atoms with E-state index < -0.39 is 0 Å². The van der Waals surface area contributed by atoms with Crippen LogP contribution >= 0.6 is 0 Å². The summed E-state index contributed by atoms with van der Waals surface area (Å²) < 4.78 is 12.6. The average molecular weight is 356 g/mol. The van der Waals surface area contributed by atoms with Gasteiger partial charge in [0.25, 0.3) is 0 Å². The fraction of sp³-hybridized carbons (Fsp3) is 0.0909. The molecule has 0 aliphatic carbocycles. The predicted octanol–water partition coefficient (Wildman–Crippen LogP) is 4.21. The maximum Gasteiger partial charge on any atom is 0.420 e. The number of nitrogens with zero attached hydrogens (tertiary/aromatic N) is 2. The number of para-hydroxylation sites is 2. The van der Waals surface area contributed by atoms with Crippen molar-refractivity contribution in [2.75, 3.05) is 6.61 Å². The number of ether oxygens (including phenoxy) is 1. The van der Waals surface area contributed by atoms with E-state index in [0.717, 1.165) is 22.4 Å². The molecule has 5 nitrogen and oxygen atoms in total. The van der Waals surface area contributed by atoms with Crippen LogP contribution in [0.15, 0.2) is 82.0 Å². The first-order valence-corrected chi connectivity index (χ1v) is 8.56. The van der Waals surface area contributed by atoms with Crippen LogP contribution in [0.1, 0.15) is 5.56 Å². The fourth-order valence-electron chi connectivity index (χ4n) is 2.96. The molecule has 0 unspecified atom stereocenters. The Morgan fingerprint density at radius 3 is 2.30 bits per heavy atom. The van der Waals surface area contributed by atoms with Crippen LogP contribution in [0.5, 0.6) is 5.75 Å². The first-order chi connectivity index (χ1) is 13.2. The van der Waals surface area contributed by atoms with Crippen molar-refractivity contribution in [3.8, 4) is 22.9 Å². The van der Waals surface area contributed by atoms with Gasteiger partial charge in [0, 0.05) is 0 Å². The molecule has 4 rings (SSSR count). The van der Waals surface area contributed by atoms with Crippen LogP contribution in [-0.4, -0.2) is 11.2 Å². The summed E-state index contributed by atoms with van der Waals surface area (Å²) in [6, 6.07) is 24.6. The minimum absolute atomic E-state index is 0.361. The van der Waals surface area contributed by atoms with Gasteiger partial charge in [-0.2, -0.15) is 5.26 Å². The van der Waals surface area contributed by atoms with Crippen LogP contribution < -0.4 is 10.5 Å². The molecule has 0 saturated carbocycles. The van der Waals surface area contributed by atoms with Crippen molar-refractivity contribution in [3.05, 3.63) is 88.9 Å². The molecule has 132 valence electrons. The molecular formula is C22H16N2O3. The third-order valence-electron chi connectivity index (χ3n) is 4.36. The van der Waals surface area contributed by atoms with Crippen molar-refractivity contribution in [2.45, 2.75) is 6.54 Å². The van der Waals surface area contributed by atoms with Crippen molar-refractivity contribution in [1.82, 2.24) is 4.57 Å². The normalized spacial score (nSPS) is 10.6. The zero-order chi connectivity index (χ0) is 18.6. The van der Waals surface area contributed by atoms with E-state index in [4.69, 9.17) is 14.4 Å². The monoisotopic (exact) mass is 356 g/mol. The number of aromatic nitrogens is 1. The highest BCUT2D eigenvalue weighted by molar-refractivity contribution is 5.72. The number of oxazole rings is 1. The number of nitriles is 1. The molecule has 0 fully saturated rings. The lowest BCUT2D eigenvalue weighted by atomic mass is 10.0. The van der Waals surface area contributed by atoms with Gasteiger partial charge in [0.15, 0.2) is 5.58 Å². The highest BCUT2D eigenvalue weighted by Crippen LogP contribution is 2.23. The first kappa shape index (κ1) is 16.7. The standard InChI is InChI=1S/C22H16N2O3/c23-15-16-5-7-17(8-6-16)18-9-11-19(12-10-18)26-14-13-24-20-3-1-2-4-21(20)27-22(24)25/h1-12H,13-14H2. The SMILES string of the molecule is N#Cc1ccc(-c2ccc(OCCn3c(=O)oc4ccccc43)cc2)cc1. The third-order valence-corrected chi connectivity index (χ3v) is 4.36. The van der Waals surface area contributed by atoms with Crippen molar-refractivity contribution >= 4 is 11.1 Å². The molecule has 0 bridgehead atoms. The minimum Gasteiger partial charge on any atom is -0.492 e. The van der Waals surface area contributed by atoms with Gasteiger partial charge in [-0.25, -0.2) is 4.79 Å². The number of hydrogen-bond acceptors (Lipinski definition) is 4. The molecule has 4 aromatic rings. The van der Waals surface area contributed by atoms with E-state index in [9.17, 15) is 4.79 Å². The van der Waals surface area contributed by atoms with Gasteiger partial charge in [-0.15, -0.1) is 0 Å². The van der Waals surface area contributed by atoms with E-state index in [1.54, 1.807) is 22.8 Å². The number of fused-ring (bicyclic) bond motifs is 1. The second-order valence-corrected chi connectivity index (χ2v) is 6.05.